The lowest BCUT2D eigenvalue weighted by atomic mass is 10.1. The third-order valence-corrected chi connectivity index (χ3v) is 4.79. The van der Waals surface area contributed by atoms with Gasteiger partial charge in [0.2, 0.25) is 5.75 Å². The highest BCUT2D eigenvalue weighted by Gasteiger charge is 2.37. The number of nitrogens with zero attached hydrogens (tertiary/aromatic N) is 1. The normalized spacial score (nSPS) is 15.1. The molecule has 1 heterocycles. The monoisotopic (exact) mass is 446 g/mol. The predicted molar refractivity (Wildman–Crippen MR) is 113 cm³/mol. The molecule has 1 aliphatic rings. The Kier molecular flexibility index (Phi) is 6.36. The van der Waals surface area contributed by atoms with Crippen LogP contribution >= 0.6 is 11.6 Å². The highest BCUT2D eigenvalue weighted by Crippen LogP contribution is 2.39. The molecule has 0 atom stereocenters. The van der Waals surface area contributed by atoms with Gasteiger partial charge in [0.25, 0.3) is 11.8 Å². The van der Waals surface area contributed by atoms with E-state index in [1.807, 2.05) is 0 Å². The Bertz CT molecular complexity index is 1070. The number of benzene rings is 2. The number of methoxy groups -OCH3 is 4. The largest absolute Gasteiger partial charge is 0.495 e. The Morgan fingerprint density at radius 3 is 2.00 bits per heavy atom. The summed E-state index contributed by atoms with van der Waals surface area (Å²) >= 11 is 6.12. The fourth-order valence-electron chi connectivity index (χ4n) is 3.04. The van der Waals surface area contributed by atoms with Gasteiger partial charge >= 0.3 is 6.03 Å². The Hall–Kier alpha value is -3.72. The number of amides is 4. The summed E-state index contributed by atoms with van der Waals surface area (Å²) < 4.78 is 20.9. The van der Waals surface area contributed by atoms with Crippen LogP contribution in [0.15, 0.2) is 35.9 Å². The predicted octanol–water partition coefficient (Wildman–Crippen LogP) is 3.04. The zero-order valence-corrected chi connectivity index (χ0v) is 17.9. The molecule has 0 radical (unpaired) electrons. The van der Waals surface area contributed by atoms with Crippen molar-refractivity contribution < 1.29 is 33.3 Å². The molecule has 0 spiro atoms. The second-order valence-corrected chi connectivity index (χ2v) is 6.64. The SMILES string of the molecule is COc1ccc(N2C(=O)NC(=O)/C(=C/c3cc(OC)c(OC)c(OC)c3)C2=O)cc1Cl. The number of halogens is 1. The summed E-state index contributed by atoms with van der Waals surface area (Å²) in [7, 11) is 5.79. The number of hydrogen-bond acceptors (Lipinski definition) is 7. The van der Waals surface area contributed by atoms with Crippen LogP contribution in [0.3, 0.4) is 0 Å². The summed E-state index contributed by atoms with van der Waals surface area (Å²) in [5.41, 5.74) is 0.340. The molecule has 31 heavy (non-hydrogen) atoms. The number of carbonyl (C=O) groups excluding carboxylic acids is 3. The molecule has 2 aromatic carbocycles. The van der Waals surface area contributed by atoms with E-state index < -0.39 is 17.8 Å². The first-order valence-electron chi connectivity index (χ1n) is 8.89. The smallest absolute Gasteiger partial charge is 0.335 e. The van der Waals surface area contributed by atoms with Crippen LogP contribution < -0.4 is 29.2 Å². The number of carbonyl (C=O) groups is 3. The molecular formula is C21H19ClN2O7. The van der Waals surface area contributed by atoms with Crippen molar-refractivity contribution in [2.45, 2.75) is 0 Å². The molecule has 1 fully saturated rings. The van der Waals surface area contributed by atoms with Gasteiger partial charge in [0.1, 0.15) is 11.3 Å². The Labute approximate surface area is 183 Å². The lowest BCUT2D eigenvalue weighted by molar-refractivity contribution is -0.122. The minimum Gasteiger partial charge on any atom is -0.495 e. The molecule has 4 amide bonds. The summed E-state index contributed by atoms with van der Waals surface area (Å²) in [5, 5.41) is 2.36. The van der Waals surface area contributed by atoms with Crippen LogP contribution in [0.5, 0.6) is 23.0 Å². The van der Waals surface area contributed by atoms with Gasteiger partial charge in [-0.2, -0.15) is 0 Å². The number of imide groups is 2. The summed E-state index contributed by atoms with van der Waals surface area (Å²) in [5.74, 6) is -0.237. The molecule has 9 nitrogen and oxygen atoms in total. The van der Waals surface area contributed by atoms with E-state index in [1.165, 1.54) is 52.7 Å². The maximum atomic E-state index is 13.1. The Morgan fingerprint density at radius 2 is 1.48 bits per heavy atom. The van der Waals surface area contributed by atoms with Crippen LogP contribution in [0.25, 0.3) is 6.08 Å². The maximum Gasteiger partial charge on any atom is 0.335 e. The van der Waals surface area contributed by atoms with Crippen molar-refractivity contribution in [2.24, 2.45) is 0 Å². The molecule has 10 heteroatoms. The minimum absolute atomic E-state index is 0.177. The molecule has 1 N–H and O–H groups in total. The first kappa shape index (κ1) is 22.0. The van der Waals surface area contributed by atoms with Crippen molar-refractivity contribution >= 4 is 41.2 Å². The van der Waals surface area contributed by atoms with Crippen molar-refractivity contribution in [1.82, 2.24) is 5.32 Å². The standard InChI is InChI=1S/C21H19ClN2O7/c1-28-15-6-5-12(10-14(15)22)24-20(26)13(19(25)23-21(24)27)7-11-8-16(29-2)18(31-4)17(9-11)30-3/h5-10H,1-4H3,(H,23,25,27)/b13-7-. The molecule has 0 bridgehead atoms. The average Bonchev–Trinajstić information content (AvgIpc) is 2.75. The van der Waals surface area contributed by atoms with Crippen molar-refractivity contribution in [3.63, 3.8) is 0 Å². The van der Waals surface area contributed by atoms with Crippen LogP contribution in [0, 0.1) is 0 Å². The van der Waals surface area contributed by atoms with Crippen molar-refractivity contribution in [1.29, 1.82) is 0 Å². The lowest BCUT2D eigenvalue weighted by Gasteiger charge is -2.26. The minimum atomic E-state index is -0.890. The van der Waals surface area contributed by atoms with E-state index in [0.29, 0.717) is 28.6 Å². The molecule has 0 saturated carbocycles. The van der Waals surface area contributed by atoms with Crippen LogP contribution in [0.1, 0.15) is 5.56 Å². The van der Waals surface area contributed by atoms with E-state index in [0.717, 1.165) is 4.90 Å². The van der Waals surface area contributed by atoms with Crippen LogP contribution in [-0.4, -0.2) is 46.3 Å². The van der Waals surface area contributed by atoms with Crippen LogP contribution in [0.2, 0.25) is 5.02 Å². The lowest BCUT2D eigenvalue weighted by Crippen LogP contribution is -2.54. The second kappa shape index (κ2) is 8.97. The molecule has 1 aliphatic heterocycles. The van der Waals surface area contributed by atoms with Gasteiger partial charge in [-0.3, -0.25) is 14.9 Å². The average molecular weight is 447 g/mol. The molecule has 2 aromatic rings. The van der Waals surface area contributed by atoms with E-state index in [9.17, 15) is 14.4 Å². The number of nitrogens with one attached hydrogen (secondary N) is 1. The molecule has 0 unspecified atom stereocenters. The molecule has 162 valence electrons. The summed E-state index contributed by atoms with van der Waals surface area (Å²) in [6.45, 7) is 0. The zero-order chi connectivity index (χ0) is 22.7. The van der Waals surface area contributed by atoms with E-state index >= 15 is 0 Å². The molecular weight excluding hydrogens is 428 g/mol. The van der Waals surface area contributed by atoms with Crippen LogP contribution in [-0.2, 0) is 9.59 Å². The summed E-state index contributed by atoms with van der Waals surface area (Å²) in [6, 6.07) is 6.63. The fraction of sp³-hybridized carbons (Fsp3) is 0.190. The van der Waals surface area contributed by atoms with Gasteiger partial charge < -0.3 is 18.9 Å². The van der Waals surface area contributed by atoms with Crippen molar-refractivity contribution in [3.05, 3.63) is 46.5 Å². The van der Waals surface area contributed by atoms with Crippen molar-refractivity contribution in [2.75, 3.05) is 33.3 Å². The number of urea groups is 1. The molecule has 1 saturated heterocycles. The highest BCUT2D eigenvalue weighted by molar-refractivity contribution is 6.39. The van der Waals surface area contributed by atoms with Gasteiger partial charge in [-0.05, 0) is 42.0 Å². The highest BCUT2D eigenvalue weighted by atomic mass is 35.5. The van der Waals surface area contributed by atoms with E-state index in [-0.39, 0.29) is 16.3 Å². The zero-order valence-electron chi connectivity index (χ0n) is 17.1. The van der Waals surface area contributed by atoms with Gasteiger partial charge in [-0.15, -0.1) is 0 Å². The first-order chi connectivity index (χ1) is 14.8. The molecule has 0 aromatic heterocycles. The number of barbiturate groups is 1. The number of rotatable bonds is 6. The first-order valence-corrected chi connectivity index (χ1v) is 9.27. The van der Waals surface area contributed by atoms with E-state index in [4.69, 9.17) is 30.5 Å². The van der Waals surface area contributed by atoms with Crippen molar-refractivity contribution in [3.8, 4) is 23.0 Å². The van der Waals surface area contributed by atoms with Gasteiger partial charge in [-0.25, -0.2) is 9.69 Å². The molecule has 3 rings (SSSR count). The third kappa shape index (κ3) is 4.13. The Balaban J connectivity index is 2.06. The molecule has 0 aliphatic carbocycles. The van der Waals surface area contributed by atoms with Gasteiger partial charge in [0.15, 0.2) is 11.5 Å². The summed E-state index contributed by atoms with van der Waals surface area (Å²) in [6.07, 6.45) is 1.33. The van der Waals surface area contributed by atoms with Crippen LogP contribution in [0.4, 0.5) is 10.5 Å². The van der Waals surface area contributed by atoms with E-state index in [2.05, 4.69) is 5.32 Å². The van der Waals surface area contributed by atoms with Gasteiger partial charge in [0.05, 0.1) is 39.1 Å². The Morgan fingerprint density at radius 1 is 0.871 bits per heavy atom. The fourth-order valence-corrected chi connectivity index (χ4v) is 3.29. The summed E-state index contributed by atoms with van der Waals surface area (Å²) in [4.78, 5) is 38.7. The van der Waals surface area contributed by atoms with Gasteiger partial charge in [0, 0.05) is 0 Å². The topological polar surface area (TPSA) is 103 Å². The van der Waals surface area contributed by atoms with E-state index in [1.54, 1.807) is 12.1 Å². The number of hydrogen-bond donors (Lipinski definition) is 1. The number of ether oxygens (including phenoxy) is 4. The van der Waals surface area contributed by atoms with Gasteiger partial charge in [-0.1, -0.05) is 11.6 Å². The second-order valence-electron chi connectivity index (χ2n) is 6.24. The number of anilines is 1. The third-order valence-electron chi connectivity index (χ3n) is 4.49. The quantitative estimate of drug-likeness (QED) is 0.537. The maximum absolute atomic E-state index is 13.1.